The zero-order valence-electron chi connectivity index (χ0n) is 12.8. The van der Waals surface area contributed by atoms with Crippen LogP contribution in [0.3, 0.4) is 0 Å². The summed E-state index contributed by atoms with van der Waals surface area (Å²) < 4.78 is 68.7. The van der Waals surface area contributed by atoms with E-state index in [0.717, 1.165) is 6.92 Å². The van der Waals surface area contributed by atoms with Gasteiger partial charge in [-0.25, -0.2) is 0 Å². The molecule has 0 fully saturated rings. The maximum atomic E-state index is 13.2. The van der Waals surface area contributed by atoms with Crippen LogP contribution in [-0.2, 0) is 5.60 Å². The second kappa shape index (κ2) is 5.68. The van der Waals surface area contributed by atoms with E-state index >= 15 is 0 Å². The van der Waals surface area contributed by atoms with Crippen molar-refractivity contribution in [2.45, 2.75) is 57.4 Å². The quantitative estimate of drug-likeness (QED) is 0.816. The van der Waals surface area contributed by atoms with E-state index in [1.807, 2.05) is 0 Å². The van der Waals surface area contributed by atoms with Crippen LogP contribution in [0, 0.1) is 0 Å². The molecule has 22 heavy (non-hydrogen) atoms. The van der Waals surface area contributed by atoms with Crippen molar-refractivity contribution < 1.29 is 31.8 Å². The van der Waals surface area contributed by atoms with Gasteiger partial charge < -0.3 is 9.84 Å². The van der Waals surface area contributed by atoms with Crippen LogP contribution in [0.4, 0.5) is 22.0 Å². The van der Waals surface area contributed by atoms with Crippen molar-refractivity contribution in [2.24, 2.45) is 0 Å². The Morgan fingerprint density at radius 2 is 1.55 bits per heavy atom. The summed E-state index contributed by atoms with van der Waals surface area (Å²) in [5.74, 6) is -4.71. The smallest absolute Gasteiger partial charge is 0.453 e. The van der Waals surface area contributed by atoms with Gasteiger partial charge in [0.2, 0.25) is 0 Å². The fourth-order valence-electron chi connectivity index (χ4n) is 1.88. The average Bonchev–Trinajstić information content (AvgIpc) is 2.23. The third-order valence-electron chi connectivity index (χ3n) is 2.86. The highest BCUT2D eigenvalue weighted by Gasteiger charge is 2.60. The lowest BCUT2D eigenvalue weighted by Gasteiger charge is -2.30. The molecule has 0 bridgehead atoms. The summed E-state index contributed by atoms with van der Waals surface area (Å²) in [6.45, 7) is 6.20. The molecule has 2 nitrogen and oxygen atoms in total. The molecular formula is C15H19F5O2. The van der Waals surface area contributed by atoms with Gasteiger partial charge >= 0.3 is 12.1 Å². The summed E-state index contributed by atoms with van der Waals surface area (Å²) in [5, 5.41) is 10.1. The SMILES string of the molecule is CC(C)(C)Oc1cccc(C(C)(O)CC(F)(F)C(F)(F)F)c1. The lowest BCUT2D eigenvalue weighted by atomic mass is 9.89. The van der Waals surface area contributed by atoms with E-state index < -0.39 is 29.7 Å². The van der Waals surface area contributed by atoms with Crippen molar-refractivity contribution in [3.8, 4) is 5.75 Å². The fraction of sp³-hybridized carbons (Fsp3) is 0.600. The summed E-state index contributed by atoms with van der Waals surface area (Å²) in [5.41, 5.74) is -2.99. The van der Waals surface area contributed by atoms with Gasteiger partial charge in [0, 0.05) is 0 Å². The van der Waals surface area contributed by atoms with Crippen molar-refractivity contribution >= 4 is 0 Å². The largest absolute Gasteiger partial charge is 0.488 e. The third kappa shape index (κ3) is 4.83. The summed E-state index contributed by atoms with van der Waals surface area (Å²) in [6, 6.07) is 5.50. The minimum Gasteiger partial charge on any atom is -0.488 e. The van der Waals surface area contributed by atoms with E-state index in [4.69, 9.17) is 4.74 Å². The molecule has 7 heteroatoms. The highest BCUT2D eigenvalue weighted by atomic mass is 19.4. The van der Waals surface area contributed by atoms with Gasteiger partial charge in [-0.2, -0.15) is 22.0 Å². The molecule has 0 amide bonds. The van der Waals surface area contributed by atoms with E-state index in [1.54, 1.807) is 20.8 Å². The molecule has 1 atom stereocenters. The van der Waals surface area contributed by atoms with Crippen molar-refractivity contribution in [3.63, 3.8) is 0 Å². The first-order chi connectivity index (χ1) is 9.64. The number of ether oxygens (including phenoxy) is 1. The lowest BCUT2D eigenvalue weighted by Crippen LogP contribution is -2.42. The minimum atomic E-state index is -5.71. The molecule has 1 rings (SSSR count). The molecule has 126 valence electrons. The predicted molar refractivity (Wildman–Crippen MR) is 72.0 cm³/mol. The third-order valence-corrected chi connectivity index (χ3v) is 2.86. The second-order valence-corrected chi connectivity index (χ2v) is 6.40. The normalized spacial score (nSPS) is 16.3. The number of rotatable bonds is 4. The van der Waals surface area contributed by atoms with E-state index in [9.17, 15) is 27.1 Å². The summed E-state index contributed by atoms with van der Waals surface area (Å²) in [7, 11) is 0. The van der Waals surface area contributed by atoms with E-state index in [-0.39, 0.29) is 11.3 Å². The van der Waals surface area contributed by atoms with Gasteiger partial charge in [0.15, 0.2) is 0 Å². The van der Waals surface area contributed by atoms with Crippen LogP contribution in [0.2, 0.25) is 0 Å². The molecular weight excluding hydrogens is 307 g/mol. The van der Waals surface area contributed by atoms with Gasteiger partial charge in [0.1, 0.15) is 11.4 Å². The van der Waals surface area contributed by atoms with E-state index in [1.165, 1.54) is 24.3 Å². The molecule has 0 saturated heterocycles. The molecule has 0 aliphatic heterocycles. The molecule has 1 aromatic rings. The van der Waals surface area contributed by atoms with Crippen LogP contribution in [0.15, 0.2) is 24.3 Å². The molecule has 0 saturated carbocycles. The maximum absolute atomic E-state index is 13.2. The van der Waals surface area contributed by atoms with Crippen LogP contribution in [0.25, 0.3) is 0 Å². The molecule has 1 N–H and O–H groups in total. The molecule has 0 aromatic heterocycles. The minimum absolute atomic E-state index is 0.0711. The zero-order valence-corrected chi connectivity index (χ0v) is 12.8. The highest BCUT2D eigenvalue weighted by Crippen LogP contribution is 2.44. The topological polar surface area (TPSA) is 29.5 Å². The molecule has 1 aromatic carbocycles. The Kier molecular flexibility index (Phi) is 4.82. The first-order valence-electron chi connectivity index (χ1n) is 6.61. The van der Waals surface area contributed by atoms with E-state index in [0.29, 0.717) is 0 Å². The number of aliphatic hydroxyl groups is 1. The number of hydrogen-bond acceptors (Lipinski definition) is 2. The van der Waals surface area contributed by atoms with Gasteiger partial charge in [-0.3, -0.25) is 0 Å². The summed E-state index contributed by atoms with van der Waals surface area (Å²) in [6.07, 6.45) is -7.47. The summed E-state index contributed by atoms with van der Waals surface area (Å²) in [4.78, 5) is 0. The van der Waals surface area contributed by atoms with Crippen LogP contribution in [-0.4, -0.2) is 22.8 Å². The summed E-state index contributed by atoms with van der Waals surface area (Å²) >= 11 is 0. The molecule has 0 aliphatic rings. The van der Waals surface area contributed by atoms with Gasteiger partial charge in [-0.15, -0.1) is 0 Å². The maximum Gasteiger partial charge on any atom is 0.453 e. The fourth-order valence-corrected chi connectivity index (χ4v) is 1.88. The Morgan fingerprint density at radius 3 is 2.00 bits per heavy atom. The Morgan fingerprint density at radius 1 is 1.00 bits per heavy atom. The molecule has 1 unspecified atom stereocenters. The molecule has 0 aliphatic carbocycles. The van der Waals surface area contributed by atoms with Gasteiger partial charge in [0.05, 0.1) is 12.0 Å². The van der Waals surface area contributed by atoms with Crippen molar-refractivity contribution in [3.05, 3.63) is 29.8 Å². The second-order valence-electron chi connectivity index (χ2n) is 6.40. The monoisotopic (exact) mass is 326 g/mol. The number of hydrogen-bond donors (Lipinski definition) is 1. The van der Waals surface area contributed by atoms with Crippen molar-refractivity contribution in [1.29, 1.82) is 0 Å². The highest BCUT2D eigenvalue weighted by molar-refractivity contribution is 5.32. The lowest BCUT2D eigenvalue weighted by molar-refractivity contribution is -0.297. The van der Waals surface area contributed by atoms with Gasteiger partial charge in [-0.05, 0) is 45.4 Å². The van der Waals surface area contributed by atoms with E-state index in [2.05, 4.69) is 0 Å². The molecule has 0 spiro atoms. The van der Waals surface area contributed by atoms with Crippen LogP contribution >= 0.6 is 0 Å². The molecule has 0 radical (unpaired) electrons. The molecule has 0 heterocycles. The number of benzene rings is 1. The van der Waals surface area contributed by atoms with Gasteiger partial charge in [-0.1, -0.05) is 12.1 Å². The Bertz CT molecular complexity index is 515. The standard InChI is InChI=1S/C15H19F5O2/c1-12(2,3)22-11-7-5-6-10(8-11)13(4,21)9-14(16,17)15(18,19)20/h5-8,21H,9H2,1-4H3. The van der Waals surface area contributed by atoms with Crippen LogP contribution in [0.5, 0.6) is 5.75 Å². The Hall–Kier alpha value is -1.37. The van der Waals surface area contributed by atoms with Crippen LogP contribution < -0.4 is 4.74 Å². The Labute approximate surface area is 125 Å². The average molecular weight is 326 g/mol. The Balaban J connectivity index is 3.06. The first-order valence-corrected chi connectivity index (χ1v) is 6.61. The van der Waals surface area contributed by atoms with Crippen molar-refractivity contribution in [1.82, 2.24) is 0 Å². The van der Waals surface area contributed by atoms with Crippen molar-refractivity contribution in [2.75, 3.05) is 0 Å². The van der Waals surface area contributed by atoms with Crippen LogP contribution in [0.1, 0.15) is 39.7 Å². The predicted octanol–water partition coefficient (Wildman–Crippen LogP) is 4.66. The zero-order chi connectivity index (χ0) is 17.4. The number of alkyl halides is 5. The first kappa shape index (κ1) is 18.7. The number of halogens is 5. The van der Waals surface area contributed by atoms with Gasteiger partial charge in [0.25, 0.3) is 0 Å².